The molecule has 1 saturated carbocycles. The highest BCUT2D eigenvalue weighted by Crippen LogP contribution is 2.50. The van der Waals surface area contributed by atoms with E-state index in [9.17, 15) is 0 Å². The lowest BCUT2D eigenvalue weighted by molar-refractivity contribution is -0.0269. The summed E-state index contributed by atoms with van der Waals surface area (Å²) < 4.78 is 11.6. The molecule has 174 valence electrons. The molecule has 0 aliphatic heterocycles. The maximum atomic E-state index is 6.68. The second-order valence-electron chi connectivity index (χ2n) is 9.51. The SMILES string of the molecule is C=CCOCc1nccc(N(OCc2ccccc2)C2(C(C)(C)C)CCCCC2)c1OC. The number of nitrogens with zero attached hydrogens (tertiary/aromatic N) is 2. The van der Waals surface area contributed by atoms with Crippen LogP contribution in [-0.2, 0) is 22.8 Å². The zero-order chi connectivity index (χ0) is 23.0. The van der Waals surface area contributed by atoms with E-state index >= 15 is 0 Å². The minimum absolute atomic E-state index is 0.00209. The average Bonchev–Trinajstić information content (AvgIpc) is 2.80. The van der Waals surface area contributed by atoms with Gasteiger partial charge in [0.05, 0.1) is 32.5 Å². The Morgan fingerprint density at radius 1 is 1.06 bits per heavy atom. The van der Waals surface area contributed by atoms with Gasteiger partial charge < -0.3 is 9.47 Å². The van der Waals surface area contributed by atoms with Crippen LogP contribution in [0, 0.1) is 5.41 Å². The van der Waals surface area contributed by atoms with Crippen LogP contribution in [-0.4, -0.2) is 24.2 Å². The zero-order valence-electron chi connectivity index (χ0n) is 20.1. The van der Waals surface area contributed by atoms with Gasteiger partial charge in [0.1, 0.15) is 11.4 Å². The van der Waals surface area contributed by atoms with Crippen LogP contribution in [0.3, 0.4) is 0 Å². The fourth-order valence-corrected chi connectivity index (χ4v) is 4.74. The average molecular weight is 439 g/mol. The molecule has 0 bridgehead atoms. The van der Waals surface area contributed by atoms with Crippen molar-refractivity contribution in [2.45, 2.75) is 71.6 Å². The van der Waals surface area contributed by atoms with E-state index in [0.29, 0.717) is 25.6 Å². The molecule has 0 atom stereocenters. The molecule has 0 saturated heterocycles. The second kappa shape index (κ2) is 11.0. The minimum Gasteiger partial charge on any atom is -0.492 e. The number of ether oxygens (including phenoxy) is 2. The van der Waals surface area contributed by atoms with Crippen LogP contribution in [0.4, 0.5) is 5.69 Å². The van der Waals surface area contributed by atoms with Crippen molar-refractivity contribution in [2.24, 2.45) is 5.41 Å². The van der Waals surface area contributed by atoms with Gasteiger partial charge in [0, 0.05) is 6.20 Å². The monoisotopic (exact) mass is 438 g/mol. The first-order valence-electron chi connectivity index (χ1n) is 11.6. The molecule has 5 nitrogen and oxygen atoms in total. The highest BCUT2D eigenvalue weighted by Gasteiger charge is 2.49. The molecule has 1 aliphatic rings. The van der Waals surface area contributed by atoms with Crippen molar-refractivity contribution in [3.8, 4) is 5.75 Å². The number of hydrogen-bond donors (Lipinski definition) is 0. The third-order valence-corrected chi connectivity index (χ3v) is 6.52. The smallest absolute Gasteiger partial charge is 0.168 e. The van der Waals surface area contributed by atoms with E-state index < -0.39 is 0 Å². The summed E-state index contributed by atoms with van der Waals surface area (Å²) in [6.45, 7) is 12.0. The van der Waals surface area contributed by atoms with Gasteiger partial charge in [0.2, 0.25) is 0 Å². The normalized spacial score (nSPS) is 15.9. The van der Waals surface area contributed by atoms with E-state index in [-0.39, 0.29) is 11.0 Å². The first-order valence-corrected chi connectivity index (χ1v) is 11.6. The van der Waals surface area contributed by atoms with Crippen LogP contribution in [0.1, 0.15) is 64.1 Å². The maximum absolute atomic E-state index is 6.68. The van der Waals surface area contributed by atoms with E-state index in [1.165, 1.54) is 19.3 Å². The van der Waals surface area contributed by atoms with Gasteiger partial charge in [0.25, 0.3) is 0 Å². The summed E-state index contributed by atoms with van der Waals surface area (Å²) in [6, 6.07) is 12.3. The molecule has 5 heteroatoms. The van der Waals surface area contributed by atoms with Crippen molar-refractivity contribution < 1.29 is 14.3 Å². The van der Waals surface area contributed by atoms with Crippen LogP contribution >= 0.6 is 0 Å². The lowest BCUT2D eigenvalue weighted by atomic mass is 9.65. The third-order valence-electron chi connectivity index (χ3n) is 6.52. The third kappa shape index (κ3) is 5.33. The molecule has 0 spiro atoms. The Morgan fingerprint density at radius 3 is 2.41 bits per heavy atom. The Morgan fingerprint density at radius 2 is 1.78 bits per heavy atom. The molecule has 1 fully saturated rings. The highest BCUT2D eigenvalue weighted by atomic mass is 16.7. The van der Waals surface area contributed by atoms with Crippen molar-refractivity contribution in [1.82, 2.24) is 4.98 Å². The van der Waals surface area contributed by atoms with Crippen molar-refractivity contribution in [3.05, 3.63) is 66.5 Å². The Balaban J connectivity index is 2.05. The molecule has 2 aromatic rings. The van der Waals surface area contributed by atoms with Crippen LogP contribution in [0.5, 0.6) is 5.75 Å². The fraction of sp³-hybridized carbons (Fsp3) is 0.519. The Kier molecular flexibility index (Phi) is 8.32. The lowest BCUT2D eigenvalue weighted by Gasteiger charge is -2.54. The molecule has 32 heavy (non-hydrogen) atoms. The second-order valence-corrected chi connectivity index (χ2v) is 9.51. The van der Waals surface area contributed by atoms with Crippen molar-refractivity contribution >= 4 is 5.69 Å². The molecule has 1 aromatic heterocycles. The van der Waals surface area contributed by atoms with Gasteiger partial charge in [-0.2, -0.15) is 0 Å². The topological polar surface area (TPSA) is 43.8 Å². The molecular weight excluding hydrogens is 400 g/mol. The largest absolute Gasteiger partial charge is 0.492 e. The molecule has 1 heterocycles. The van der Waals surface area contributed by atoms with Gasteiger partial charge in [0.15, 0.2) is 5.75 Å². The van der Waals surface area contributed by atoms with Crippen molar-refractivity contribution in [3.63, 3.8) is 0 Å². The Hall–Kier alpha value is -2.37. The van der Waals surface area contributed by atoms with Gasteiger partial charge in [-0.1, -0.05) is 76.4 Å². The number of pyridine rings is 1. The Bertz CT molecular complexity index is 855. The summed E-state index contributed by atoms with van der Waals surface area (Å²) in [6.07, 6.45) is 9.33. The number of hydroxylamine groups is 1. The number of benzene rings is 1. The van der Waals surface area contributed by atoms with Crippen molar-refractivity contribution in [2.75, 3.05) is 18.8 Å². The first kappa shape index (κ1) is 24.3. The summed E-state index contributed by atoms with van der Waals surface area (Å²) in [4.78, 5) is 11.2. The van der Waals surface area contributed by atoms with Gasteiger partial charge in [-0.25, -0.2) is 5.06 Å². The zero-order valence-corrected chi connectivity index (χ0v) is 20.1. The van der Waals surface area contributed by atoms with Gasteiger partial charge in [-0.3, -0.25) is 9.82 Å². The van der Waals surface area contributed by atoms with E-state index in [2.05, 4.69) is 49.5 Å². The summed E-state index contributed by atoms with van der Waals surface area (Å²) in [7, 11) is 1.69. The number of anilines is 1. The van der Waals surface area contributed by atoms with E-state index in [1.54, 1.807) is 13.2 Å². The van der Waals surface area contributed by atoms with Gasteiger partial charge >= 0.3 is 0 Å². The Labute approximate surface area is 193 Å². The number of methoxy groups -OCH3 is 1. The molecule has 0 unspecified atom stereocenters. The van der Waals surface area contributed by atoms with Gasteiger partial charge in [-0.05, 0) is 29.9 Å². The predicted octanol–water partition coefficient (Wildman–Crippen LogP) is 6.48. The van der Waals surface area contributed by atoms with E-state index in [0.717, 1.165) is 29.8 Å². The maximum Gasteiger partial charge on any atom is 0.168 e. The fourth-order valence-electron chi connectivity index (χ4n) is 4.74. The molecule has 3 rings (SSSR count). The van der Waals surface area contributed by atoms with E-state index in [4.69, 9.17) is 14.3 Å². The van der Waals surface area contributed by atoms with Crippen LogP contribution in [0.15, 0.2) is 55.3 Å². The molecule has 0 N–H and O–H groups in total. The first-order chi connectivity index (χ1) is 15.4. The summed E-state index contributed by atoms with van der Waals surface area (Å²) in [5, 5.41) is 2.15. The standard InChI is InChI=1S/C27H38N2O3/c1-6-19-31-21-23-25(30-5)24(15-18-28-23)29(32-20-22-13-9-7-10-14-22)27(26(2,3)4)16-11-8-12-17-27/h6-7,9-10,13-15,18H,1,8,11-12,16-17,19-21H2,2-5H3. The number of rotatable bonds is 10. The molecule has 1 aliphatic carbocycles. The quantitative estimate of drug-likeness (QED) is 0.241. The highest BCUT2D eigenvalue weighted by molar-refractivity contribution is 5.60. The molecular formula is C27H38N2O3. The lowest BCUT2D eigenvalue weighted by Crippen LogP contribution is -2.58. The number of aromatic nitrogens is 1. The van der Waals surface area contributed by atoms with Crippen molar-refractivity contribution in [1.29, 1.82) is 0 Å². The summed E-state index contributed by atoms with van der Waals surface area (Å²) >= 11 is 0. The van der Waals surface area contributed by atoms with E-state index in [1.807, 2.05) is 30.5 Å². The molecule has 0 amide bonds. The predicted molar refractivity (Wildman–Crippen MR) is 130 cm³/mol. The molecule has 0 radical (unpaired) electrons. The minimum atomic E-state index is -0.159. The van der Waals surface area contributed by atoms with Crippen LogP contribution in [0.2, 0.25) is 0 Å². The van der Waals surface area contributed by atoms with Gasteiger partial charge in [-0.15, -0.1) is 6.58 Å². The molecule has 1 aromatic carbocycles. The summed E-state index contributed by atoms with van der Waals surface area (Å²) in [5.41, 5.74) is 2.65. The van der Waals surface area contributed by atoms with Crippen LogP contribution in [0.25, 0.3) is 0 Å². The number of hydrogen-bond acceptors (Lipinski definition) is 5. The summed E-state index contributed by atoms with van der Waals surface area (Å²) in [5.74, 6) is 0.707. The van der Waals surface area contributed by atoms with Crippen LogP contribution < -0.4 is 9.80 Å².